The number of carbonyl (C=O) groups excluding carboxylic acids is 2. The summed E-state index contributed by atoms with van der Waals surface area (Å²) in [4.78, 5) is 22.1. The van der Waals surface area contributed by atoms with Crippen LogP contribution in [0, 0.1) is 0 Å². The molecule has 0 spiro atoms. The number of aryl methyl sites for hydroxylation is 1. The minimum Gasteiger partial charge on any atom is -0.364 e. The zero-order chi connectivity index (χ0) is 12.1. The molecule has 0 radical (unpaired) electrons. The third-order valence-electron chi connectivity index (χ3n) is 2.10. The smallest absolute Gasteiger partial charge is 0.265 e. The summed E-state index contributed by atoms with van der Waals surface area (Å²) in [5.74, 6) is -0.638. The zero-order valence-corrected chi connectivity index (χ0v) is 9.36. The standard InChI is InChI=1S/C11H15N3O2/c1-3-4-10(15)13-6-8-5-9(11(12)16)14(2)7-8/h3-5,7H,6H2,1-2H3,(H2,12,16)(H,13,15)/b4-3+. The van der Waals surface area contributed by atoms with Crippen molar-refractivity contribution in [3.8, 4) is 0 Å². The van der Waals surface area contributed by atoms with Crippen molar-refractivity contribution in [2.24, 2.45) is 12.8 Å². The number of allylic oxidation sites excluding steroid dienone is 1. The van der Waals surface area contributed by atoms with Crippen LogP contribution in [0.25, 0.3) is 0 Å². The third-order valence-corrected chi connectivity index (χ3v) is 2.10. The van der Waals surface area contributed by atoms with Gasteiger partial charge in [0.2, 0.25) is 5.91 Å². The Balaban J connectivity index is 2.65. The second-order valence-corrected chi connectivity index (χ2v) is 3.43. The number of primary amides is 1. The molecule has 0 bridgehead atoms. The van der Waals surface area contributed by atoms with E-state index in [9.17, 15) is 9.59 Å². The van der Waals surface area contributed by atoms with Gasteiger partial charge in [-0.3, -0.25) is 9.59 Å². The van der Waals surface area contributed by atoms with Gasteiger partial charge in [-0.1, -0.05) is 6.08 Å². The molecule has 0 aliphatic carbocycles. The molecule has 0 saturated heterocycles. The molecule has 0 aliphatic heterocycles. The minimum atomic E-state index is -0.478. The van der Waals surface area contributed by atoms with E-state index in [2.05, 4.69) is 5.32 Å². The number of amides is 2. The van der Waals surface area contributed by atoms with Crippen LogP contribution < -0.4 is 11.1 Å². The lowest BCUT2D eigenvalue weighted by molar-refractivity contribution is -0.116. The predicted molar refractivity (Wildman–Crippen MR) is 60.6 cm³/mol. The summed E-state index contributed by atoms with van der Waals surface area (Å²) in [5.41, 5.74) is 6.44. The van der Waals surface area contributed by atoms with Crippen molar-refractivity contribution in [2.45, 2.75) is 13.5 Å². The number of hydrogen-bond donors (Lipinski definition) is 2. The molecule has 0 unspecified atom stereocenters. The van der Waals surface area contributed by atoms with E-state index in [-0.39, 0.29) is 5.91 Å². The molecular formula is C11H15N3O2. The molecule has 1 heterocycles. The zero-order valence-electron chi connectivity index (χ0n) is 9.36. The molecule has 0 atom stereocenters. The van der Waals surface area contributed by atoms with E-state index in [1.165, 1.54) is 6.08 Å². The first-order valence-corrected chi connectivity index (χ1v) is 4.90. The van der Waals surface area contributed by atoms with Crippen molar-refractivity contribution in [3.05, 3.63) is 35.7 Å². The van der Waals surface area contributed by atoms with E-state index >= 15 is 0 Å². The van der Waals surface area contributed by atoms with E-state index in [1.807, 2.05) is 0 Å². The van der Waals surface area contributed by atoms with E-state index in [0.29, 0.717) is 12.2 Å². The molecule has 5 heteroatoms. The molecule has 2 amide bonds. The van der Waals surface area contributed by atoms with E-state index in [1.54, 1.807) is 36.9 Å². The maximum absolute atomic E-state index is 11.1. The van der Waals surface area contributed by atoms with Gasteiger partial charge in [-0.15, -0.1) is 0 Å². The Morgan fingerprint density at radius 1 is 1.56 bits per heavy atom. The predicted octanol–water partition coefficient (Wildman–Crippen LogP) is 0.316. The number of carbonyl (C=O) groups is 2. The Kier molecular flexibility index (Phi) is 3.88. The number of hydrogen-bond acceptors (Lipinski definition) is 2. The van der Waals surface area contributed by atoms with Gasteiger partial charge < -0.3 is 15.6 Å². The Hall–Kier alpha value is -2.04. The normalized spacial score (nSPS) is 10.6. The van der Waals surface area contributed by atoms with Crippen LogP contribution in [0.2, 0.25) is 0 Å². The van der Waals surface area contributed by atoms with Crippen molar-refractivity contribution in [1.82, 2.24) is 9.88 Å². The number of nitrogens with zero attached hydrogens (tertiary/aromatic N) is 1. The highest BCUT2D eigenvalue weighted by Crippen LogP contribution is 2.06. The molecule has 0 saturated carbocycles. The molecule has 0 aliphatic rings. The summed E-state index contributed by atoms with van der Waals surface area (Å²) in [6.45, 7) is 2.15. The van der Waals surface area contributed by atoms with Crippen LogP contribution in [-0.2, 0) is 18.4 Å². The fraction of sp³-hybridized carbons (Fsp3) is 0.273. The lowest BCUT2D eigenvalue weighted by Gasteiger charge is -1.98. The molecule has 1 rings (SSSR count). The van der Waals surface area contributed by atoms with Crippen molar-refractivity contribution in [2.75, 3.05) is 0 Å². The van der Waals surface area contributed by atoms with Gasteiger partial charge in [0.25, 0.3) is 5.91 Å². The largest absolute Gasteiger partial charge is 0.364 e. The number of nitrogens with two attached hydrogens (primary N) is 1. The molecule has 86 valence electrons. The van der Waals surface area contributed by atoms with Gasteiger partial charge >= 0.3 is 0 Å². The quantitative estimate of drug-likeness (QED) is 0.718. The first kappa shape index (κ1) is 12.0. The van der Waals surface area contributed by atoms with E-state index in [4.69, 9.17) is 5.73 Å². The molecule has 16 heavy (non-hydrogen) atoms. The minimum absolute atomic E-state index is 0.160. The van der Waals surface area contributed by atoms with Crippen LogP contribution in [0.1, 0.15) is 23.0 Å². The summed E-state index contributed by atoms with van der Waals surface area (Å²) in [6, 6.07) is 1.66. The van der Waals surface area contributed by atoms with Crippen LogP contribution in [0.15, 0.2) is 24.4 Å². The van der Waals surface area contributed by atoms with Crippen molar-refractivity contribution in [1.29, 1.82) is 0 Å². The van der Waals surface area contributed by atoms with E-state index < -0.39 is 5.91 Å². The monoisotopic (exact) mass is 221 g/mol. The van der Waals surface area contributed by atoms with Crippen molar-refractivity contribution >= 4 is 11.8 Å². The summed E-state index contributed by atoms with van der Waals surface area (Å²) in [5, 5.41) is 2.69. The second-order valence-electron chi connectivity index (χ2n) is 3.43. The molecule has 5 nitrogen and oxygen atoms in total. The fourth-order valence-corrected chi connectivity index (χ4v) is 1.37. The Bertz CT molecular complexity index is 432. The highest BCUT2D eigenvalue weighted by molar-refractivity contribution is 5.91. The van der Waals surface area contributed by atoms with Crippen molar-refractivity contribution in [3.63, 3.8) is 0 Å². The van der Waals surface area contributed by atoms with Gasteiger partial charge in [-0.2, -0.15) is 0 Å². The van der Waals surface area contributed by atoms with Crippen LogP contribution >= 0.6 is 0 Å². The lowest BCUT2D eigenvalue weighted by atomic mass is 10.3. The summed E-state index contributed by atoms with van der Waals surface area (Å²) < 4.78 is 1.64. The first-order valence-electron chi connectivity index (χ1n) is 4.90. The topological polar surface area (TPSA) is 77.1 Å². The Morgan fingerprint density at radius 2 is 2.25 bits per heavy atom. The summed E-state index contributed by atoms with van der Waals surface area (Å²) >= 11 is 0. The molecule has 1 aromatic rings. The van der Waals surface area contributed by atoms with Gasteiger partial charge in [0, 0.05) is 19.8 Å². The van der Waals surface area contributed by atoms with Gasteiger partial charge in [-0.05, 0) is 24.6 Å². The number of rotatable bonds is 4. The maximum Gasteiger partial charge on any atom is 0.265 e. The van der Waals surface area contributed by atoms with E-state index in [0.717, 1.165) is 5.56 Å². The Morgan fingerprint density at radius 3 is 2.75 bits per heavy atom. The average Bonchev–Trinajstić information content (AvgIpc) is 2.57. The number of nitrogens with one attached hydrogen (secondary N) is 1. The highest BCUT2D eigenvalue weighted by Gasteiger charge is 2.08. The highest BCUT2D eigenvalue weighted by atomic mass is 16.1. The third kappa shape index (κ3) is 2.98. The lowest BCUT2D eigenvalue weighted by Crippen LogP contribution is -2.19. The fourth-order valence-electron chi connectivity index (χ4n) is 1.37. The van der Waals surface area contributed by atoms with Crippen LogP contribution in [0.4, 0.5) is 0 Å². The average molecular weight is 221 g/mol. The van der Waals surface area contributed by atoms with Crippen LogP contribution in [0.5, 0.6) is 0 Å². The number of aromatic nitrogens is 1. The summed E-state index contributed by atoms with van der Waals surface area (Å²) in [6.07, 6.45) is 4.86. The van der Waals surface area contributed by atoms with Crippen molar-refractivity contribution < 1.29 is 9.59 Å². The van der Waals surface area contributed by atoms with Gasteiger partial charge in [0.1, 0.15) is 5.69 Å². The molecule has 0 aromatic carbocycles. The molecular weight excluding hydrogens is 206 g/mol. The van der Waals surface area contributed by atoms with Crippen LogP contribution in [-0.4, -0.2) is 16.4 Å². The first-order chi connectivity index (χ1) is 7.54. The molecule has 1 aromatic heterocycles. The Labute approximate surface area is 93.9 Å². The maximum atomic E-state index is 11.1. The molecule has 0 fully saturated rings. The summed E-state index contributed by atoms with van der Waals surface area (Å²) in [7, 11) is 1.73. The second kappa shape index (κ2) is 5.16. The molecule has 3 N–H and O–H groups in total. The van der Waals surface area contributed by atoms with Gasteiger partial charge in [-0.25, -0.2) is 0 Å². The van der Waals surface area contributed by atoms with Gasteiger partial charge in [0.05, 0.1) is 0 Å². The SMILES string of the molecule is C/C=C/C(=O)NCc1cc(C(N)=O)n(C)c1. The van der Waals surface area contributed by atoms with Crippen LogP contribution in [0.3, 0.4) is 0 Å². The van der Waals surface area contributed by atoms with Gasteiger partial charge in [0.15, 0.2) is 0 Å².